The molecule has 0 aliphatic carbocycles. The number of rotatable bonds is 6. The Kier molecular flexibility index (Phi) is 6.97. The Balaban J connectivity index is 1.08. The lowest BCUT2D eigenvalue weighted by Crippen LogP contribution is -2.38. The number of likely N-dealkylation sites (tertiary alicyclic amines) is 1. The van der Waals surface area contributed by atoms with Gasteiger partial charge in [-0.3, -0.25) is 4.79 Å². The molecule has 5 rings (SSSR count). The average molecular weight is 469 g/mol. The van der Waals surface area contributed by atoms with Crippen molar-refractivity contribution in [3.8, 4) is 17.2 Å². The first-order valence-electron chi connectivity index (χ1n) is 11.9. The molecule has 0 N–H and O–H groups in total. The molecule has 0 spiro atoms. The van der Waals surface area contributed by atoms with Crippen LogP contribution in [0.25, 0.3) is 0 Å². The second-order valence-corrected chi connectivity index (χ2v) is 10.2. The van der Waals surface area contributed by atoms with Crippen LogP contribution in [0, 0.1) is 5.92 Å². The highest BCUT2D eigenvalue weighted by atomic mass is 32.2. The fourth-order valence-electron chi connectivity index (χ4n) is 4.94. The third kappa shape index (κ3) is 5.41. The molecule has 0 saturated carbocycles. The molecule has 176 valence electrons. The highest BCUT2D eigenvalue weighted by Gasteiger charge is 2.24. The van der Waals surface area contributed by atoms with Crippen molar-refractivity contribution in [2.75, 3.05) is 45.8 Å². The zero-order valence-corrected chi connectivity index (χ0v) is 20.1. The minimum Gasteiger partial charge on any atom is -0.497 e. The number of benzene rings is 2. The molecule has 0 unspecified atom stereocenters. The first kappa shape index (κ1) is 22.4. The third-order valence-corrected chi connectivity index (χ3v) is 8.01. The monoisotopic (exact) mass is 468 g/mol. The SMILES string of the molecule is COc1ccc2c(c1)CN(C(=O)CCN1CCC(Cc3ccc4c(c3)OCO4)CC1)CCS2. The first-order chi connectivity index (χ1) is 16.2. The van der Waals surface area contributed by atoms with Crippen molar-refractivity contribution < 1.29 is 19.0 Å². The Morgan fingerprint density at radius 2 is 1.94 bits per heavy atom. The van der Waals surface area contributed by atoms with Gasteiger partial charge in [-0.1, -0.05) is 6.07 Å². The number of nitrogens with zero attached hydrogens (tertiary/aromatic N) is 2. The molecule has 0 bridgehead atoms. The molecule has 6 nitrogen and oxygen atoms in total. The molecular formula is C26H32N2O4S. The van der Waals surface area contributed by atoms with Crippen LogP contribution < -0.4 is 14.2 Å². The second kappa shape index (κ2) is 10.3. The summed E-state index contributed by atoms with van der Waals surface area (Å²) in [7, 11) is 1.69. The number of ether oxygens (including phenoxy) is 3. The van der Waals surface area contributed by atoms with Gasteiger partial charge in [0, 0.05) is 36.7 Å². The van der Waals surface area contributed by atoms with E-state index >= 15 is 0 Å². The van der Waals surface area contributed by atoms with Crippen LogP contribution in [0.1, 0.15) is 30.4 Å². The number of hydrogen-bond acceptors (Lipinski definition) is 6. The van der Waals surface area contributed by atoms with E-state index in [1.165, 1.54) is 28.9 Å². The van der Waals surface area contributed by atoms with Gasteiger partial charge in [-0.05, 0) is 79.7 Å². The predicted molar refractivity (Wildman–Crippen MR) is 129 cm³/mol. The fourth-order valence-corrected chi connectivity index (χ4v) is 5.94. The van der Waals surface area contributed by atoms with Crippen molar-refractivity contribution >= 4 is 17.7 Å². The summed E-state index contributed by atoms with van der Waals surface area (Å²) >= 11 is 1.83. The average Bonchev–Trinajstić information content (AvgIpc) is 3.20. The van der Waals surface area contributed by atoms with Crippen molar-refractivity contribution in [3.05, 3.63) is 47.5 Å². The van der Waals surface area contributed by atoms with E-state index in [0.29, 0.717) is 25.7 Å². The molecule has 2 aromatic carbocycles. The molecule has 33 heavy (non-hydrogen) atoms. The van der Waals surface area contributed by atoms with Gasteiger partial charge in [0.2, 0.25) is 12.7 Å². The topological polar surface area (TPSA) is 51.2 Å². The molecule has 1 fully saturated rings. The molecule has 3 heterocycles. The predicted octanol–water partition coefficient (Wildman–Crippen LogP) is 4.20. The van der Waals surface area contributed by atoms with Crippen molar-refractivity contribution in [3.63, 3.8) is 0 Å². The van der Waals surface area contributed by atoms with Crippen molar-refractivity contribution in [2.24, 2.45) is 5.92 Å². The van der Waals surface area contributed by atoms with Gasteiger partial charge in [-0.25, -0.2) is 0 Å². The minimum absolute atomic E-state index is 0.258. The largest absolute Gasteiger partial charge is 0.497 e. The van der Waals surface area contributed by atoms with Gasteiger partial charge in [0.1, 0.15) is 5.75 Å². The number of carbonyl (C=O) groups is 1. The van der Waals surface area contributed by atoms with Crippen LogP contribution in [0.5, 0.6) is 17.2 Å². The number of thioether (sulfide) groups is 1. The molecule has 0 atom stereocenters. The standard InChI is InChI=1S/C26H32N2O4S/c1-30-22-3-5-25-21(16-22)17-28(12-13-33-25)26(29)8-11-27-9-6-19(7-10-27)14-20-2-4-23-24(15-20)32-18-31-23/h2-5,15-16,19H,6-14,17-18H2,1H3. The molecule has 1 amide bonds. The maximum absolute atomic E-state index is 13.0. The highest BCUT2D eigenvalue weighted by molar-refractivity contribution is 7.99. The van der Waals surface area contributed by atoms with Crippen LogP contribution in [0.15, 0.2) is 41.3 Å². The van der Waals surface area contributed by atoms with Gasteiger partial charge >= 0.3 is 0 Å². The quantitative estimate of drug-likeness (QED) is 0.633. The lowest BCUT2D eigenvalue weighted by molar-refractivity contribution is -0.132. The third-order valence-electron chi connectivity index (χ3n) is 6.91. The molecule has 0 radical (unpaired) electrons. The molecule has 2 aromatic rings. The fraction of sp³-hybridized carbons (Fsp3) is 0.500. The smallest absolute Gasteiger partial charge is 0.231 e. The number of amides is 1. The minimum atomic E-state index is 0.258. The van der Waals surface area contributed by atoms with Crippen molar-refractivity contribution in [2.45, 2.75) is 37.1 Å². The summed E-state index contributed by atoms with van der Waals surface area (Å²) < 4.78 is 16.3. The normalized spacial score (nSPS) is 18.6. The van der Waals surface area contributed by atoms with E-state index in [4.69, 9.17) is 14.2 Å². The molecule has 1 saturated heterocycles. The number of hydrogen-bond donors (Lipinski definition) is 0. The zero-order chi connectivity index (χ0) is 22.6. The summed E-state index contributed by atoms with van der Waals surface area (Å²) in [4.78, 5) is 18.7. The number of methoxy groups -OCH3 is 1. The van der Waals surface area contributed by atoms with Gasteiger partial charge in [-0.15, -0.1) is 11.8 Å². The zero-order valence-electron chi connectivity index (χ0n) is 19.3. The van der Waals surface area contributed by atoms with Crippen LogP contribution in [0.4, 0.5) is 0 Å². The molecular weight excluding hydrogens is 436 g/mol. The Morgan fingerprint density at radius 3 is 2.79 bits per heavy atom. The van der Waals surface area contributed by atoms with E-state index in [2.05, 4.69) is 29.2 Å². The number of carbonyl (C=O) groups excluding carboxylic acids is 1. The van der Waals surface area contributed by atoms with E-state index < -0.39 is 0 Å². The van der Waals surface area contributed by atoms with E-state index in [1.54, 1.807) is 7.11 Å². The van der Waals surface area contributed by atoms with E-state index in [0.717, 1.165) is 55.6 Å². The Morgan fingerprint density at radius 1 is 1.09 bits per heavy atom. The summed E-state index contributed by atoms with van der Waals surface area (Å²) in [6.07, 6.45) is 4.03. The van der Waals surface area contributed by atoms with E-state index in [9.17, 15) is 4.79 Å². The summed E-state index contributed by atoms with van der Waals surface area (Å²) in [5, 5.41) is 0. The van der Waals surface area contributed by atoms with Gasteiger partial charge in [-0.2, -0.15) is 0 Å². The Hall–Kier alpha value is -2.38. The van der Waals surface area contributed by atoms with E-state index in [-0.39, 0.29) is 5.91 Å². The lowest BCUT2D eigenvalue weighted by Gasteiger charge is -2.32. The Labute approximate surface area is 200 Å². The van der Waals surface area contributed by atoms with Crippen LogP contribution in [-0.4, -0.2) is 61.5 Å². The maximum atomic E-state index is 13.0. The summed E-state index contributed by atoms with van der Waals surface area (Å²) in [6.45, 7) is 4.79. The van der Waals surface area contributed by atoms with Crippen molar-refractivity contribution in [1.29, 1.82) is 0 Å². The van der Waals surface area contributed by atoms with Gasteiger partial charge in [0.15, 0.2) is 11.5 Å². The van der Waals surface area contributed by atoms with Crippen LogP contribution in [0.2, 0.25) is 0 Å². The second-order valence-electron chi connectivity index (χ2n) is 9.06. The molecule has 3 aliphatic rings. The summed E-state index contributed by atoms with van der Waals surface area (Å²) in [5.74, 6) is 4.46. The molecule has 3 aliphatic heterocycles. The van der Waals surface area contributed by atoms with Gasteiger partial charge in [0.25, 0.3) is 0 Å². The van der Waals surface area contributed by atoms with Crippen LogP contribution in [0.3, 0.4) is 0 Å². The van der Waals surface area contributed by atoms with Gasteiger partial charge < -0.3 is 24.0 Å². The number of fused-ring (bicyclic) bond motifs is 2. The first-order valence-corrected chi connectivity index (χ1v) is 12.8. The summed E-state index contributed by atoms with van der Waals surface area (Å²) in [5.41, 5.74) is 2.51. The Bertz CT molecular complexity index is 990. The van der Waals surface area contributed by atoms with Crippen LogP contribution in [-0.2, 0) is 17.8 Å². The van der Waals surface area contributed by atoms with Crippen molar-refractivity contribution in [1.82, 2.24) is 9.80 Å². The van der Waals surface area contributed by atoms with Gasteiger partial charge in [0.05, 0.1) is 7.11 Å². The lowest BCUT2D eigenvalue weighted by atomic mass is 9.90. The van der Waals surface area contributed by atoms with Crippen LogP contribution >= 0.6 is 11.8 Å². The number of piperidine rings is 1. The summed E-state index contributed by atoms with van der Waals surface area (Å²) in [6, 6.07) is 12.5. The maximum Gasteiger partial charge on any atom is 0.231 e. The molecule has 7 heteroatoms. The molecule has 0 aromatic heterocycles. The highest BCUT2D eigenvalue weighted by Crippen LogP contribution is 2.34. The van der Waals surface area contributed by atoms with E-state index in [1.807, 2.05) is 28.8 Å².